The second-order valence-corrected chi connectivity index (χ2v) is 5.97. The van der Waals surface area contributed by atoms with Gasteiger partial charge in [0, 0.05) is 29.6 Å². The number of para-hydroxylation sites is 1. The van der Waals surface area contributed by atoms with Crippen LogP contribution >= 0.6 is 23.4 Å². The van der Waals surface area contributed by atoms with Crippen molar-refractivity contribution in [3.8, 4) is 11.5 Å². The minimum absolute atomic E-state index is 0.680. The molecule has 104 valence electrons. The van der Waals surface area contributed by atoms with Gasteiger partial charge in [-0.1, -0.05) is 30.0 Å². The maximum atomic E-state index is 5.69. The second-order valence-electron chi connectivity index (χ2n) is 4.53. The summed E-state index contributed by atoms with van der Waals surface area (Å²) in [4.78, 5) is 3.38. The van der Waals surface area contributed by atoms with Crippen LogP contribution in [0.3, 0.4) is 0 Å². The highest BCUT2D eigenvalue weighted by molar-refractivity contribution is 7.99. The molecular weight excluding hydrogens is 292 g/mol. The van der Waals surface area contributed by atoms with Gasteiger partial charge in [0.25, 0.3) is 0 Å². The molecule has 6 heteroatoms. The summed E-state index contributed by atoms with van der Waals surface area (Å²) in [5.74, 6) is 2.50. The zero-order valence-corrected chi connectivity index (χ0v) is 12.7. The van der Waals surface area contributed by atoms with E-state index in [2.05, 4.69) is 33.4 Å². The van der Waals surface area contributed by atoms with Gasteiger partial charge in [-0.25, -0.2) is 0 Å². The molecular formula is C14H15ClN4S. The molecule has 1 N–H and O–H groups in total. The molecule has 2 heterocycles. The molecule has 0 amide bonds. The number of fused-ring (bicyclic) bond motifs is 1. The number of halogens is 1. The van der Waals surface area contributed by atoms with Crippen molar-refractivity contribution < 1.29 is 0 Å². The van der Waals surface area contributed by atoms with Crippen LogP contribution < -0.4 is 0 Å². The molecule has 3 aromatic rings. The summed E-state index contributed by atoms with van der Waals surface area (Å²) in [6, 6.07) is 10.3. The highest BCUT2D eigenvalue weighted by Crippen LogP contribution is 2.25. The first-order chi connectivity index (χ1) is 9.79. The Bertz CT molecular complexity index is 686. The van der Waals surface area contributed by atoms with E-state index in [1.54, 1.807) is 11.8 Å². The van der Waals surface area contributed by atoms with Crippen molar-refractivity contribution in [2.24, 2.45) is 7.05 Å². The minimum Gasteiger partial charge on any atom is -0.352 e. The highest BCUT2D eigenvalue weighted by atomic mass is 35.5. The summed E-state index contributed by atoms with van der Waals surface area (Å²) < 4.78 is 2.02. The van der Waals surface area contributed by atoms with Gasteiger partial charge >= 0.3 is 0 Å². The largest absolute Gasteiger partial charge is 0.352 e. The van der Waals surface area contributed by atoms with Gasteiger partial charge < -0.3 is 9.55 Å². The summed E-state index contributed by atoms with van der Waals surface area (Å²) in [6.45, 7) is 0. The molecule has 4 nitrogen and oxygen atoms in total. The van der Waals surface area contributed by atoms with E-state index in [-0.39, 0.29) is 0 Å². The Labute approximate surface area is 126 Å². The number of hydrogen-bond acceptors (Lipinski definition) is 3. The lowest BCUT2D eigenvalue weighted by Gasteiger charge is -2.01. The van der Waals surface area contributed by atoms with Crippen molar-refractivity contribution in [1.82, 2.24) is 19.7 Å². The predicted molar refractivity (Wildman–Crippen MR) is 84.4 cm³/mol. The second kappa shape index (κ2) is 5.89. The molecule has 0 radical (unpaired) electrons. The Morgan fingerprint density at radius 2 is 2.15 bits per heavy atom. The SMILES string of the molecule is Cn1c(SCCCCl)nnc1-c1cc2ccccc2[nH]1. The van der Waals surface area contributed by atoms with Crippen LogP contribution in [0.1, 0.15) is 6.42 Å². The number of aromatic nitrogens is 4. The molecule has 3 rings (SSSR count). The Balaban J connectivity index is 1.90. The molecule has 0 saturated heterocycles. The van der Waals surface area contributed by atoms with Crippen molar-refractivity contribution in [3.63, 3.8) is 0 Å². The van der Waals surface area contributed by atoms with E-state index in [1.165, 1.54) is 5.39 Å². The lowest BCUT2D eigenvalue weighted by molar-refractivity contribution is 0.792. The van der Waals surface area contributed by atoms with Gasteiger partial charge in [0.15, 0.2) is 11.0 Å². The van der Waals surface area contributed by atoms with Crippen LogP contribution in [0.15, 0.2) is 35.5 Å². The number of hydrogen-bond donors (Lipinski definition) is 1. The van der Waals surface area contributed by atoms with Crippen LogP contribution in [0, 0.1) is 0 Å². The summed E-state index contributed by atoms with van der Waals surface area (Å²) >= 11 is 7.38. The van der Waals surface area contributed by atoms with Crippen molar-refractivity contribution >= 4 is 34.3 Å². The number of nitrogens with one attached hydrogen (secondary N) is 1. The smallest absolute Gasteiger partial charge is 0.191 e. The third-order valence-electron chi connectivity index (χ3n) is 3.11. The molecule has 20 heavy (non-hydrogen) atoms. The number of benzene rings is 1. The van der Waals surface area contributed by atoms with Gasteiger partial charge in [0.1, 0.15) is 0 Å². The summed E-state index contributed by atoms with van der Waals surface area (Å²) in [6.07, 6.45) is 0.973. The number of nitrogens with zero attached hydrogens (tertiary/aromatic N) is 3. The number of alkyl halides is 1. The molecule has 0 aliphatic carbocycles. The summed E-state index contributed by atoms with van der Waals surface area (Å²) in [5.41, 5.74) is 2.10. The maximum Gasteiger partial charge on any atom is 0.191 e. The quantitative estimate of drug-likeness (QED) is 0.444. The van der Waals surface area contributed by atoms with Crippen molar-refractivity contribution in [2.45, 2.75) is 11.6 Å². The van der Waals surface area contributed by atoms with E-state index in [9.17, 15) is 0 Å². The van der Waals surface area contributed by atoms with Crippen molar-refractivity contribution in [1.29, 1.82) is 0 Å². The van der Waals surface area contributed by atoms with Gasteiger partial charge in [-0.15, -0.1) is 21.8 Å². The first-order valence-corrected chi connectivity index (χ1v) is 7.98. The number of rotatable bonds is 5. The first kappa shape index (κ1) is 13.5. The van der Waals surface area contributed by atoms with Crippen LogP contribution in [0.5, 0.6) is 0 Å². The Morgan fingerprint density at radius 1 is 1.30 bits per heavy atom. The monoisotopic (exact) mass is 306 g/mol. The van der Waals surface area contributed by atoms with Gasteiger partial charge in [0.2, 0.25) is 0 Å². The number of thioether (sulfide) groups is 1. The molecule has 1 aromatic carbocycles. The maximum absolute atomic E-state index is 5.69. The molecule has 0 unspecified atom stereocenters. The molecule has 2 aromatic heterocycles. The van der Waals surface area contributed by atoms with E-state index in [0.717, 1.165) is 34.4 Å². The van der Waals surface area contributed by atoms with Crippen LogP contribution in [0.4, 0.5) is 0 Å². The van der Waals surface area contributed by atoms with E-state index in [0.29, 0.717) is 5.88 Å². The van der Waals surface area contributed by atoms with Crippen molar-refractivity contribution in [2.75, 3.05) is 11.6 Å². The normalized spacial score (nSPS) is 11.3. The van der Waals surface area contributed by atoms with Gasteiger partial charge in [-0.2, -0.15) is 0 Å². The standard InChI is InChI=1S/C14H15ClN4S/c1-19-13(17-18-14(19)20-8-4-7-15)12-9-10-5-2-3-6-11(10)16-12/h2-3,5-6,9,16H,4,7-8H2,1H3. The fourth-order valence-corrected chi connectivity index (χ4v) is 3.23. The molecule has 0 atom stereocenters. The Morgan fingerprint density at radius 3 is 2.95 bits per heavy atom. The fourth-order valence-electron chi connectivity index (χ4n) is 2.09. The fraction of sp³-hybridized carbons (Fsp3) is 0.286. The number of H-pyrrole nitrogens is 1. The molecule has 0 aliphatic heterocycles. The lowest BCUT2D eigenvalue weighted by Crippen LogP contribution is -1.95. The van der Waals surface area contributed by atoms with E-state index >= 15 is 0 Å². The van der Waals surface area contributed by atoms with Gasteiger partial charge in [0.05, 0.1) is 5.69 Å². The third-order valence-corrected chi connectivity index (χ3v) is 4.49. The minimum atomic E-state index is 0.680. The summed E-state index contributed by atoms with van der Waals surface area (Å²) in [7, 11) is 1.99. The van der Waals surface area contributed by atoms with Crippen molar-refractivity contribution in [3.05, 3.63) is 30.3 Å². The molecule has 0 aliphatic rings. The average molecular weight is 307 g/mol. The van der Waals surface area contributed by atoms with Gasteiger partial charge in [-0.05, 0) is 18.6 Å². The predicted octanol–water partition coefficient (Wildman–Crippen LogP) is 3.68. The zero-order chi connectivity index (χ0) is 13.9. The summed E-state index contributed by atoms with van der Waals surface area (Å²) in [5, 5.41) is 10.6. The van der Waals surface area contributed by atoms with Gasteiger partial charge in [-0.3, -0.25) is 0 Å². The Kier molecular flexibility index (Phi) is 3.98. The van der Waals surface area contributed by atoms with E-state index in [1.807, 2.05) is 23.7 Å². The molecule has 0 bridgehead atoms. The van der Waals surface area contributed by atoms with Crippen LogP contribution in [-0.4, -0.2) is 31.4 Å². The van der Waals surface area contributed by atoms with E-state index < -0.39 is 0 Å². The Hall–Kier alpha value is -1.46. The molecule has 0 saturated carbocycles. The first-order valence-electron chi connectivity index (χ1n) is 6.46. The highest BCUT2D eigenvalue weighted by Gasteiger charge is 2.13. The van der Waals surface area contributed by atoms with Crippen LogP contribution in [0.2, 0.25) is 0 Å². The van der Waals surface area contributed by atoms with Crippen LogP contribution in [0.25, 0.3) is 22.4 Å². The lowest BCUT2D eigenvalue weighted by atomic mass is 10.2. The molecule has 0 spiro atoms. The third kappa shape index (κ3) is 2.55. The average Bonchev–Trinajstić information content (AvgIpc) is 3.03. The molecule has 0 fully saturated rings. The zero-order valence-electron chi connectivity index (χ0n) is 11.1. The van der Waals surface area contributed by atoms with Crippen LogP contribution in [-0.2, 0) is 7.05 Å². The van der Waals surface area contributed by atoms with E-state index in [4.69, 9.17) is 11.6 Å². The number of aromatic amines is 1. The topological polar surface area (TPSA) is 46.5 Å².